The van der Waals surface area contributed by atoms with Crippen LogP contribution in [0.15, 0.2) is 0 Å². The van der Waals surface area contributed by atoms with Crippen molar-refractivity contribution in [1.82, 2.24) is 10.6 Å². The maximum atomic E-state index is 11.2. The second kappa shape index (κ2) is 6.86. The SMILES string of the molecule is CNC(=O)CC(C)NC(CO)CC(C)(C)C. The van der Waals surface area contributed by atoms with Crippen LogP contribution in [0.4, 0.5) is 0 Å². The molecule has 0 rings (SSSR count). The van der Waals surface area contributed by atoms with E-state index in [-0.39, 0.29) is 30.0 Å². The molecule has 0 aliphatic heterocycles. The molecular formula is C12H26N2O2. The van der Waals surface area contributed by atoms with Gasteiger partial charge in [-0.25, -0.2) is 0 Å². The monoisotopic (exact) mass is 230 g/mol. The van der Waals surface area contributed by atoms with Gasteiger partial charge in [0.1, 0.15) is 0 Å². The van der Waals surface area contributed by atoms with Crippen LogP contribution in [0.3, 0.4) is 0 Å². The number of carbonyl (C=O) groups is 1. The number of hydrogen-bond acceptors (Lipinski definition) is 3. The average molecular weight is 230 g/mol. The molecule has 4 nitrogen and oxygen atoms in total. The summed E-state index contributed by atoms with van der Waals surface area (Å²) in [7, 11) is 1.63. The minimum absolute atomic E-state index is 0.0208. The summed E-state index contributed by atoms with van der Waals surface area (Å²) in [4.78, 5) is 11.2. The van der Waals surface area contributed by atoms with E-state index in [1.54, 1.807) is 7.05 Å². The number of hydrogen-bond donors (Lipinski definition) is 3. The molecule has 0 bridgehead atoms. The second-order valence-electron chi connectivity index (χ2n) is 5.59. The predicted octanol–water partition coefficient (Wildman–Crippen LogP) is 0.898. The minimum atomic E-state index is 0.0208. The Labute approximate surface area is 98.8 Å². The number of carbonyl (C=O) groups excluding carboxylic acids is 1. The smallest absolute Gasteiger partial charge is 0.221 e. The highest BCUT2D eigenvalue weighted by Crippen LogP contribution is 2.20. The lowest BCUT2D eigenvalue weighted by Gasteiger charge is -2.28. The van der Waals surface area contributed by atoms with Crippen molar-refractivity contribution in [3.8, 4) is 0 Å². The zero-order valence-corrected chi connectivity index (χ0v) is 11.1. The van der Waals surface area contributed by atoms with Crippen molar-refractivity contribution >= 4 is 5.91 Å². The van der Waals surface area contributed by atoms with E-state index >= 15 is 0 Å². The van der Waals surface area contributed by atoms with Crippen LogP contribution in [0.5, 0.6) is 0 Å². The van der Waals surface area contributed by atoms with Gasteiger partial charge in [-0.15, -0.1) is 0 Å². The van der Waals surface area contributed by atoms with Gasteiger partial charge in [0.05, 0.1) is 6.61 Å². The lowest BCUT2D eigenvalue weighted by Crippen LogP contribution is -2.43. The van der Waals surface area contributed by atoms with E-state index in [0.717, 1.165) is 6.42 Å². The third-order valence-electron chi connectivity index (χ3n) is 2.37. The molecule has 0 saturated carbocycles. The highest BCUT2D eigenvalue weighted by molar-refractivity contribution is 5.76. The summed E-state index contributed by atoms with van der Waals surface area (Å²) in [6.07, 6.45) is 1.33. The Hall–Kier alpha value is -0.610. The Morgan fingerprint density at radius 3 is 2.31 bits per heavy atom. The quantitative estimate of drug-likeness (QED) is 0.635. The first-order chi connectivity index (χ1) is 7.28. The van der Waals surface area contributed by atoms with Crippen LogP contribution in [-0.4, -0.2) is 36.8 Å². The van der Waals surface area contributed by atoms with E-state index in [4.69, 9.17) is 0 Å². The fourth-order valence-electron chi connectivity index (χ4n) is 1.76. The predicted molar refractivity (Wildman–Crippen MR) is 66.2 cm³/mol. The Balaban J connectivity index is 4.06. The van der Waals surface area contributed by atoms with Crippen molar-refractivity contribution in [2.45, 2.75) is 52.6 Å². The summed E-state index contributed by atoms with van der Waals surface area (Å²) in [5, 5.41) is 15.1. The lowest BCUT2D eigenvalue weighted by molar-refractivity contribution is -0.121. The van der Waals surface area contributed by atoms with Crippen molar-refractivity contribution < 1.29 is 9.90 Å². The van der Waals surface area contributed by atoms with Crippen molar-refractivity contribution in [1.29, 1.82) is 0 Å². The van der Waals surface area contributed by atoms with E-state index in [2.05, 4.69) is 31.4 Å². The van der Waals surface area contributed by atoms with E-state index in [1.165, 1.54) is 0 Å². The van der Waals surface area contributed by atoms with Gasteiger partial charge in [0, 0.05) is 25.6 Å². The Morgan fingerprint density at radius 1 is 1.38 bits per heavy atom. The zero-order valence-electron chi connectivity index (χ0n) is 11.1. The summed E-state index contributed by atoms with van der Waals surface area (Å²) < 4.78 is 0. The fraction of sp³-hybridized carbons (Fsp3) is 0.917. The van der Waals surface area contributed by atoms with Crippen LogP contribution in [0.25, 0.3) is 0 Å². The summed E-state index contributed by atoms with van der Waals surface area (Å²) in [6, 6.07) is 0.138. The molecule has 4 heteroatoms. The van der Waals surface area contributed by atoms with Crippen LogP contribution in [0, 0.1) is 5.41 Å². The van der Waals surface area contributed by atoms with Gasteiger partial charge in [-0.05, 0) is 18.8 Å². The van der Waals surface area contributed by atoms with Crippen molar-refractivity contribution in [3.05, 3.63) is 0 Å². The van der Waals surface area contributed by atoms with Crippen LogP contribution in [0.1, 0.15) is 40.5 Å². The molecule has 0 heterocycles. The minimum Gasteiger partial charge on any atom is -0.395 e. The highest BCUT2D eigenvalue weighted by Gasteiger charge is 2.20. The first kappa shape index (κ1) is 15.4. The molecule has 0 aromatic rings. The third kappa shape index (κ3) is 7.65. The first-order valence-electron chi connectivity index (χ1n) is 5.86. The number of aliphatic hydroxyl groups excluding tert-OH is 1. The van der Waals surface area contributed by atoms with Gasteiger partial charge in [0.25, 0.3) is 0 Å². The summed E-state index contributed by atoms with van der Waals surface area (Å²) in [5.41, 5.74) is 0.174. The van der Waals surface area contributed by atoms with Gasteiger partial charge in [-0.2, -0.15) is 0 Å². The van der Waals surface area contributed by atoms with E-state index in [0.29, 0.717) is 6.42 Å². The Kier molecular flexibility index (Phi) is 6.60. The molecule has 0 spiro atoms. The van der Waals surface area contributed by atoms with Crippen molar-refractivity contribution in [2.24, 2.45) is 5.41 Å². The molecule has 16 heavy (non-hydrogen) atoms. The van der Waals surface area contributed by atoms with Gasteiger partial charge in [0.2, 0.25) is 5.91 Å². The maximum absolute atomic E-state index is 11.2. The molecular weight excluding hydrogens is 204 g/mol. The van der Waals surface area contributed by atoms with E-state index in [1.807, 2.05) is 6.92 Å². The van der Waals surface area contributed by atoms with Gasteiger partial charge in [0.15, 0.2) is 0 Å². The standard InChI is InChI=1S/C12H26N2O2/c1-9(6-11(16)13-5)14-10(8-15)7-12(2,3)4/h9-10,14-15H,6-8H2,1-5H3,(H,13,16). The van der Waals surface area contributed by atoms with E-state index in [9.17, 15) is 9.90 Å². The second-order valence-corrected chi connectivity index (χ2v) is 5.59. The summed E-state index contributed by atoms with van der Waals surface area (Å²) in [5.74, 6) is 0.0208. The van der Waals surface area contributed by atoms with Crippen LogP contribution < -0.4 is 10.6 Å². The first-order valence-corrected chi connectivity index (χ1v) is 5.86. The van der Waals surface area contributed by atoms with Crippen molar-refractivity contribution in [2.75, 3.05) is 13.7 Å². The lowest BCUT2D eigenvalue weighted by atomic mass is 9.88. The fourth-order valence-corrected chi connectivity index (χ4v) is 1.76. The molecule has 0 aliphatic carbocycles. The number of rotatable bonds is 6. The van der Waals surface area contributed by atoms with E-state index < -0.39 is 0 Å². The molecule has 0 saturated heterocycles. The third-order valence-corrected chi connectivity index (χ3v) is 2.37. The van der Waals surface area contributed by atoms with Crippen LogP contribution >= 0.6 is 0 Å². The average Bonchev–Trinajstić information content (AvgIpc) is 2.14. The number of nitrogens with one attached hydrogen (secondary N) is 2. The molecule has 0 radical (unpaired) electrons. The largest absolute Gasteiger partial charge is 0.395 e. The Bertz CT molecular complexity index is 212. The van der Waals surface area contributed by atoms with Crippen molar-refractivity contribution in [3.63, 3.8) is 0 Å². The normalized spacial score (nSPS) is 15.6. The number of amides is 1. The molecule has 0 aromatic carbocycles. The van der Waals surface area contributed by atoms with Gasteiger partial charge in [-0.1, -0.05) is 20.8 Å². The number of aliphatic hydroxyl groups is 1. The molecule has 2 atom stereocenters. The van der Waals surface area contributed by atoms with Gasteiger partial charge in [-0.3, -0.25) is 4.79 Å². The van der Waals surface area contributed by atoms with Gasteiger partial charge >= 0.3 is 0 Å². The Morgan fingerprint density at radius 2 is 1.94 bits per heavy atom. The van der Waals surface area contributed by atoms with Crippen LogP contribution in [-0.2, 0) is 4.79 Å². The molecule has 0 aromatic heterocycles. The molecule has 96 valence electrons. The van der Waals surface area contributed by atoms with Gasteiger partial charge < -0.3 is 15.7 Å². The molecule has 0 aliphatic rings. The maximum Gasteiger partial charge on any atom is 0.221 e. The topological polar surface area (TPSA) is 61.4 Å². The zero-order chi connectivity index (χ0) is 12.8. The molecule has 2 unspecified atom stereocenters. The van der Waals surface area contributed by atoms with Crippen LogP contribution in [0.2, 0.25) is 0 Å². The summed E-state index contributed by atoms with van der Waals surface area (Å²) in [6.45, 7) is 8.48. The molecule has 3 N–H and O–H groups in total. The molecule has 0 fully saturated rings. The summed E-state index contributed by atoms with van der Waals surface area (Å²) >= 11 is 0. The highest BCUT2D eigenvalue weighted by atomic mass is 16.3. The molecule has 1 amide bonds.